The summed E-state index contributed by atoms with van der Waals surface area (Å²) in [5.41, 5.74) is 1.72. The Morgan fingerprint density at radius 2 is 2.21 bits per heavy atom. The van der Waals surface area contributed by atoms with Crippen LogP contribution in [-0.4, -0.2) is 22.9 Å². The number of benzene rings is 1. The predicted octanol–water partition coefficient (Wildman–Crippen LogP) is 2.56. The number of ketones is 1. The second kappa shape index (κ2) is 4.14. The smallest absolute Gasteiger partial charge is 0.167 e. The van der Waals surface area contributed by atoms with Crippen LogP contribution in [0, 0.1) is 5.92 Å². The zero-order valence-corrected chi connectivity index (χ0v) is 10.7. The molecule has 2 saturated heterocycles. The molecule has 1 N–H and O–H groups in total. The fraction of sp³-hybridized carbons (Fsp3) is 0.375. The summed E-state index contributed by atoms with van der Waals surface area (Å²) in [5, 5.41) is 4.62. The Labute approximate surface area is 112 Å². The van der Waals surface area contributed by atoms with Crippen LogP contribution in [0.3, 0.4) is 0 Å². The molecule has 2 aliphatic heterocycles. The first-order valence-corrected chi connectivity index (χ1v) is 6.96. The molecule has 0 saturated carbocycles. The number of aromatic nitrogens is 1. The Kier molecular flexibility index (Phi) is 2.42. The van der Waals surface area contributed by atoms with Crippen molar-refractivity contribution in [3.05, 3.63) is 42.1 Å². The van der Waals surface area contributed by atoms with Crippen molar-refractivity contribution >= 4 is 16.7 Å². The van der Waals surface area contributed by atoms with Crippen molar-refractivity contribution in [1.29, 1.82) is 0 Å². The van der Waals surface area contributed by atoms with Crippen LogP contribution in [0.25, 0.3) is 10.9 Å². The van der Waals surface area contributed by atoms with Gasteiger partial charge < -0.3 is 5.32 Å². The van der Waals surface area contributed by atoms with Crippen molar-refractivity contribution in [2.24, 2.45) is 5.92 Å². The van der Waals surface area contributed by atoms with Crippen LogP contribution >= 0.6 is 0 Å². The number of carbonyl (C=O) groups is 1. The van der Waals surface area contributed by atoms with Crippen LogP contribution in [0.5, 0.6) is 0 Å². The molecule has 19 heavy (non-hydrogen) atoms. The number of hydrogen-bond acceptors (Lipinski definition) is 3. The van der Waals surface area contributed by atoms with E-state index in [9.17, 15) is 4.79 Å². The zero-order valence-electron chi connectivity index (χ0n) is 10.7. The first kappa shape index (κ1) is 11.1. The van der Waals surface area contributed by atoms with Gasteiger partial charge in [0.15, 0.2) is 5.78 Å². The van der Waals surface area contributed by atoms with Gasteiger partial charge in [-0.05, 0) is 31.4 Å². The monoisotopic (exact) mass is 252 g/mol. The second-order valence-electron chi connectivity index (χ2n) is 5.66. The Bertz CT molecular complexity index is 652. The highest BCUT2D eigenvalue weighted by atomic mass is 16.1. The van der Waals surface area contributed by atoms with Gasteiger partial charge in [0.1, 0.15) is 0 Å². The average Bonchev–Trinajstić information content (AvgIpc) is 3.08. The van der Waals surface area contributed by atoms with E-state index in [0.29, 0.717) is 12.1 Å². The highest BCUT2D eigenvalue weighted by molar-refractivity contribution is 6.01. The number of rotatable bonds is 2. The fourth-order valence-electron chi connectivity index (χ4n) is 3.55. The number of carbonyl (C=O) groups excluding carboxylic acids is 1. The number of Topliss-reactive ketones (excluding diaryl/α,β-unsaturated/α-hetero) is 1. The average molecular weight is 252 g/mol. The highest BCUT2D eigenvalue weighted by Gasteiger charge is 2.42. The fourth-order valence-corrected chi connectivity index (χ4v) is 3.55. The third-order valence-corrected chi connectivity index (χ3v) is 4.53. The summed E-state index contributed by atoms with van der Waals surface area (Å²) < 4.78 is 0. The van der Waals surface area contributed by atoms with Gasteiger partial charge in [0.25, 0.3) is 0 Å². The molecule has 2 fully saturated rings. The van der Waals surface area contributed by atoms with Gasteiger partial charge in [0, 0.05) is 35.1 Å². The molecule has 0 radical (unpaired) electrons. The van der Waals surface area contributed by atoms with Gasteiger partial charge >= 0.3 is 0 Å². The predicted molar refractivity (Wildman–Crippen MR) is 74.1 cm³/mol. The molecular weight excluding hydrogens is 236 g/mol. The Balaban J connectivity index is 1.68. The molecule has 0 amide bonds. The third-order valence-electron chi connectivity index (χ3n) is 4.53. The van der Waals surface area contributed by atoms with Gasteiger partial charge in [-0.1, -0.05) is 18.2 Å². The van der Waals surface area contributed by atoms with Crippen molar-refractivity contribution in [2.75, 3.05) is 0 Å². The molecular formula is C16H16N2O. The Morgan fingerprint density at radius 1 is 1.26 bits per heavy atom. The van der Waals surface area contributed by atoms with Crippen LogP contribution < -0.4 is 5.32 Å². The first-order chi connectivity index (χ1) is 9.31. The molecule has 96 valence electrons. The summed E-state index contributed by atoms with van der Waals surface area (Å²) in [6, 6.07) is 10.8. The van der Waals surface area contributed by atoms with Gasteiger partial charge in [-0.15, -0.1) is 0 Å². The minimum atomic E-state index is 0.167. The van der Waals surface area contributed by atoms with Crippen LogP contribution in [0.15, 0.2) is 36.5 Å². The normalized spacial score (nSPS) is 28.9. The summed E-state index contributed by atoms with van der Waals surface area (Å²) in [6.45, 7) is 0. The van der Waals surface area contributed by atoms with Gasteiger partial charge in [-0.3, -0.25) is 9.78 Å². The summed E-state index contributed by atoms with van der Waals surface area (Å²) >= 11 is 0. The van der Waals surface area contributed by atoms with E-state index in [1.54, 1.807) is 6.20 Å². The molecule has 2 bridgehead atoms. The SMILES string of the molecule is O=C(c1ccc2cccnc2c1)C1CC2CCC1N2. The molecule has 1 aromatic carbocycles. The van der Waals surface area contributed by atoms with Crippen LogP contribution in [-0.2, 0) is 0 Å². The molecule has 4 rings (SSSR count). The van der Waals surface area contributed by atoms with Crippen molar-refractivity contribution in [1.82, 2.24) is 10.3 Å². The van der Waals surface area contributed by atoms with Gasteiger partial charge in [0.05, 0.1) is 5.52 Å². The molecule has 3 heterocycles. The molecule has 2 aliphatic rings. The summed E-state index contributed by atoms with van der Waals surface area (Å²) in [4.78, 5) is 16.9. The Morgan fingerprint density at radius 3 is 3.00 bits per heavy atom. The van der Waals surface area contributed by atoms with Crippen LogP contribution in [0.4, 0.5) is 0 Å². The van der Waals surface area contributed by atoms with Crippen molar-refractivity contribution in [2.45, 2.75) is 31.3 Å². The van der Waals surface area contributed by atoms with Crippen LogP contribution in [0.1, 0.15) is 29.6 Å². The van der Waals surface area contributed by atoms with Gasteiger partial charge in [0.2, 0.25) is 0 Å². The molecule has 3 heteroatoms. The molecule has 0 spiro atoms. The van der Waals surface area contributed by atoms with E-state index in [1.807, 2.05) is 30.3 Å². The summed E-state index contributed by atoms with van der Waals surface area (Å²) in [5.74, 6) is 0.451. The molecule has 3 unspecified atom stereocenters. The maximum absolute atomic E-state index is 12.6. The van der Waals surface area contributed by atoms with E-state index < -0.39 is 0 Å². The quantitative estimate of drug-likeness (QED) is 0.835. The summed E-state index contributed by atoms with van der Waals surface area (Å²) in [6.07, 6.45) is 5.15. The number of hydrogen-bond donors (Lipinski definition) is 1. The standard InChI is InChI=1S/C16H16N2O/c19-16(13-9-12-5-6-14(13)18-12)11-4-3-10-2-1-7-17-15(10)8-11/h1-4,7-8,12-14,18H,5-6,9H2. The number of fused-ring (bicyclic) bond motifs is 3. The minimum Gasteiger partial charge on any atom is -0.310 e. The number of nitrogens with one attached hydrogen (secondary N) is 1. The maximum Gasteiger partial charge on any atom is 0.167 e. The maximum atomic E-state index is 12.6. The second-order valence-corrected chi connectivity index (χ2v) is 5.66. The largest absolute Gasteiger partial charge is 0.310 e. The van der Waals surface area contributed by atoms with E-state index in [4.69, 9.17) is 0 Å². The Hall–Kier alpha value is -1.74. The van der Waals surface area contributed by atoms with Crippen molar-refractivity contribution < 1.29 is 4.79 Å². The van der Waals surface area contributed by atoms with Crippen molar-refractivity contribution in [3.63, 3.8) is 0 Å². The lowest BCUT2D eigenvalue weighted by atomic mass is 9.83. The summed E-state index contributed by atoms with van der Waals surface area (Å²) in [7, 11) is 0. The van der Waals surface area contributed by atoms with Gasteiger partial charge in [-0.25, -0.2) is 0 Å². The topological polar surface area (TPSA) is 42.0 Å². The molecule has 3 atom stereocenters. The van der Waals surface area contributed by atoms with Crippen molar-refractivity contribution in [3.8, 4) is 0 Å². The lowest BCUT2D eigenvalue weighted by molar-refractivity contribution is 0.0901. The van der Waals surface area contributed by atoms with E-state index in [-0.39, 0.29) is 11.7 Å². The zero-order chi connectivity index (χ0) is 12.8. The van der Waals surface area contributed by atoms with Gasteiger partial charge in [-0.2, -0.15) is 0 Å². The molecule has 0 aliphatic carbocycles. The number of nitrogens with zero attached hydrogens (tertiary/aromatic N) is 1. The lowest BCUT2D eigenvalue weighted by Gasteiger charge is -2.18. The van der Waals surface area contributed by atoms with E-state index in [2.05, 4.69) is 10.3 Å². The third kappa shape index (κ3) is 1.77. The van der Waals surface area contributed by atoms with E-state index >= 15 is 0 Å². The van der Waals surface area contributed by atoms with E-state index in [1.165, 1.54) is 6.42 Å². The van der Waals surface area contributed by atoms with Crippen LogP contribution in [0.2, 0.25) is 0 Å². The number of pyridine rings is 1. The first-order valence-electron chi connectivity index (χ1n) is 6.96. The molecule has 3 nitrogen and oxygen atoms in total. The molecule has 1 aromatic heterocycles. The highest BCUT2D eigenvalue weighted by Crippen LogP contribution is 2.35. The lowest BCUT2D eigenvalue weighted by Crippen LogP contribution is -2.28. The van der Waals surface area contributed by atoms with E-state index in [0.717, 1.165) is 29.3 Å². The molecule has 2 aromatic rings. The minimum absolute atomic E-state index is 0.167.